The van der Waals surface area contributed by atoms with Crippen molar-refractivity contribution in [2.75, 3.05) is 13.1 Å². The van der Waals surface area contributed by atoms with Crippen LogP contribution >= 0.6 is 11.6 Å². The monoisotopic (exact) mass is 364 g/mol. The van der Waals surface area contributed by atoms with Crippen LogP contribution in [0.15, 0.2) is 24.3 Å². The summed E-state index contributed by atoms with van der Waals surface area (Å²) in [7, 11) is 0. The van der Waals surface area contributed by atoms with Gasteiger partial charge in [0.15, 0.2) is 0 Å². The molecule has 1 aliphatic carbocycles. The highest BCUT2D eigenvalue weighted by molar-refractivity contribution is 6.30. The summed E-state index contributed by atoms with van der Waals surface area (Å²) in [5.74, 6) is -1.10. The standard InChI is InChI=1S/C18H21ClN2O4/c19-14-5-3-12(4-6-14)15(8-17(23)24)20-18(25)13-7-16(22)21(10-13)9-11-1-2-11/h3-6,11,13,15H,1-2,7-10H2,(H,20,25)(H,23,24)/t13-,15-/m1/s1. The number of halogens is 1. The lowest BCUT2D eigenvalue weighted by Gasteiger charge is -2.20. The van der Waals surface area contributed by atoms with Crippen LogP contribution in [0.2, 0.25) is 5.02 Å². The summed E-state index contributed by atoms with van der Waals surface area (Å²) >= 11 is 5.86. The van der Waals surface area contributed by atoms with Gasteiger partial charge in [0.25, 0.3) is 0 Å². The maximum atomic E-state index is 12.6. The number of hydrogen-bond acceptors (Lipinski definition) is 3. The fourth-order valence-corrected chi connectivity index (χ4v) is 3.27. The van der Waals surface area contributed by atoms with E-state index in [9.17, 15) is 14.4 Å². The van der Waals surface area contributed by atoms with Crippen LogP contribution in [-0.4, -0.2) is 40.9 Å². The molecule has 0 aromatic heterocycles. The molecule has 0 radical (unpaired) electrons. The second-order valence-electron chi connectivity index (χ2n) is 6.85. The number of nitrogens with one attached hydrogen (secondary N) is 1. The van der Waals surface area contributed by atoms with E-state index >= 15 is 0 Å². The van der Waals surface area contributed by atoms with Crippen molar-refractivity contribution in [3.8, 4) is 0 Å². The van der Waals surface area contributed by atoms with E-state index in [-0.39, 0.29) is 24.7 Å². The van der Waals surface area contributed by atoms with Gasteiger partial charge in [-0.25, -0.2) is 0 Å². The minimum atomic E-state index is -1.00. The van der Waals surface area contributed by atoms with E-state index in [0.717, 1.165) is 19.4 Å². The average Bonchev–Trinajstić information content (AvgIpc) is 3.29. The first-order chi connectivity index (χ1) is 11.9. The van der Waals surface area contributed by atoms with E-state index in [1.54, 1.807) is 29.2 Å². The van der Waals surface area contributed by atoms with Crippen molar-refractivity contribution in [1.82, 2.24) is 10.2 Å². The molecular weight excluding hydrogens is 344 g/mol. The molecule has 1 heterocycles. The summed E-state index contributed by atoms with van der Waals surface area (Å²) in [6.07, 6.45) is 2.27. The fraction of sp³-hybridized carbons (Fsp3) is 0.500. The van der Waals surface area contributed by atoms with Gasteiger partial charge in [0, 0.05) is 24.5 Å². The Morgan fingerprint density at radius 1 is 1.28 bits per heavy atom. The Morgan fingerprint density at radius 3 is 2.56 bits per heavy atom. The second kappa shape index (κ2) is 7.44. The second-order valence-corrected chi connectivity index (χ2v) is 7.29. The fourth-order valence-electron chi connectivity index (χ4n) is 3.15. The van der Waals surface area contributed by atoms with E-state index in [1.807, 2.05) is 0 Å². The Balaban J connectivity index is 1.64. The molecule has 0 spiro atoms. The van der Waals surface area contributed by atoms with Crippen LogP contribution < -0.4 is 5.32 Å². The zero-order valence-corrected chi connectivity index (χ0v) is 14.5. The highest BCUT2D eigenvalue weighted by Gasteiger charge is 2.37. The smallest absolute Gasteiger partial charge is 0.305 e. The molecule has 2 N–H and O–H groups in total. The first-order valence-corrected chi connectivity index (χ1v) is 8.85. The number of benzene rings is 1. The molecule has 1 saturated carbocycles. The number of rotatable bonds is 7. The third kappa shape index (κ3) is 4.72. The van der Waals surface area contributed by atoms with Crippen LogP contribution in [0.5, 0.6) is 0 Å². The molecule has 1 aromatic carbocycles. The number of hydrogen-bond donors (Lipinski definition) is 2. The van der Waals surface area contributed by atoms with E-state index in [0.29, 0.717) is 23.0 Å². The molecule has 7 heteroatoms. The molecule has 1 aliphatic heterocycles. The summed E-state index contributed by atoms with van der Waals surface area (Å²) in [6.45, 7) is 1.15. The van der Waals surface area contributed by atoms with Crippen molar-refractivity contribution in [3.05, 3.63) is 34.9 Å². The third-order valence-corrected chi connectivity index (χ3v) is 4.98. The lowest BCUT2D eigenvalue weighted by molar-refractivity contribution is -0.138. The Bertz CT molecular complexity index is 672. The van der Waals surface area contributed by atoms with Gasteiger partial charge >= 0.3 is 5.97 Å². The molecule has 2 aliphatic rings. The first-order valence-electron chi connectivity index (χ1n) is 8.48. The van der Waals surface area contributed by atoms with Gasteiger partial charge in [-0.15, -0.1) is 0 Å². The normalized spacial score (nSPS) is 21.2. The van der Waals surface area contributed by atoms with E-state index in [1.165, 1.54) is 0 Å². The molecule has 3 rings (SSSR count). The number of carbonyl (C=O) groups excluding carboxylic acids is 2. The SMILES string of the molecule is O=C(O)C[C@@H](NC(=O)[C@@H]1CC(=O)N(CC2CC2)C1)c1ccc(Cl)cc1. The average molecular weight is 365 g/mol. The molecule has 25 heavy (non-hydrogen) atoms. The number of amides is 2. The zero-order valence-electron chi connectivity index (χ0n) is 13.8. The van der Waals surface area contributed by atoms with Gasteiger partial charge in [-0.1, -0.05) is 23.7 Å². The Hall–Kier alpha value is -2.08. The molecule has 134 valence electrons. The summed E-state index contributed by atoms with van der Waals surface area (Å²) in [6, 6.07) is 6.09. The molecule has 1 saturated heterocycles. The predicted octanol–water partition coefficient (Wildman–Crippen LogP) is 2.23. The minimum Gasteiger partial charge on any atom is -0.481 e. The summed E-state index contributed by atoms with van der Waals surface area (Å²) in [5.41, 5.74) is 0.680. The zero-order chi connectivity index (χ0) is 18.0. The van der Waals surface area contributed by atoms with Crippen LogP contribution in [0.4, 0.5) is 0 Å². The summed E-state index contributed by atoms with van der Waals surface area (Å²) < 4.78 is 0. The van der Waals surface area contributed by atoms with Crippen molar-refractivity contribution < 1.29 is 19.5 Å². The van der Waals surface area contributed by atoms with Crippen LogP contribution in [-0.2, 0) is 14.4 Å². The van der Waals surface area contributed by atoms with Crippen molar-refractivity contribution in [3.63, 3.8) is 0 Å². The van der Waals surface area contributed by atoms with Crippen molar-refractivity contribution in [2.24, 2.45) is 11.8 Å². The highest BCUT2D eigenvalue weighted by atomic mass is 35.5. The predicted molar refractivity (Wildman–Crippen MR) is 92.0 cm³/mol. The molecular formula is C18H21ClN2O4. The lowest BCUT2D eigenvalue weighted by atomic mass is 10.0. The number of carboxylic acid groups (broad SMARTS) is 1. The molecule has 2 amide bonds. The van der Waals surface area contributed by atoms with Gasteiger partial charge in [-0.2, -0.15) is 0 Å². The number of likely N-dealkylation sites (tertiary alicyclic amines) is 1. The third-order valence-electron chi connectivity index (χ3n) is 4.73. The number of carboxylic acids is 1. The largest absolute Gasteiger partial charge is 0.481 e. The van der Waals surface area contributed by atoms with Crippen LogP contribution in [0, 0.1) is 11.8 Å². The first kappa shape index (κ1) is 17.7. The van der Waals surface area contributed by atoms with Crippen LogP contribution in [0.3, 0.4) is 0 Å². The number of aliphatic carboxylic acids is 1. The van der Waals surface area contributed by atoms with Gasteiger partial charge in [0.05, 0.1) is 18.4 Å². The lowest BCUT2D eigenvalue weighted by Crippen LogP contribution is -2.36. The molecule has 0 unspecified atom stereocenters. The van der Waals surface area contributed by atoms with Gasteiger partial charge in [-0.3, -0.25) is 14.4 Å². The summed E-state index contributed by atoms with van der Waals surface area (Å²) in [4.78, 5) is 37.5. The van der Waals surface area contributed by atoms with Gasteiger partial charge < -0.3 is 15.3 Å². The van der Waals surface area contributed by atoms with Gasteiger partial charge in [0.1, 0.15) is 0 Å². The van der Waals surface area contributed by atoms with E-state index in [4.69, 9.17) is 16.7 Å². The minimum absolute atomic E-state index is 0.00771. The maximum absolute atomic E-state index is 12.6. The Kier molecular flexibility index (Phi) is 5.27. The Morgan fingerprint density at radius 2 is 1.96 bits per heavy atom. The van der Waals surface area contributed by atoms with E-state index < -0.39 is 17.9 Å². The molecule has 2 fully saturated rings. The Labute approximate surface area is 151 Å². The summed E-state index contributed by atoms with van der Waals surface area (Å²) in [5, 5.41) is 12.5. The topological polar surface area (TPSA) is 86.7 Å². The van der Waals surface area contributed by atoms with Gasteiger partial charge in [-0.05, 0) is 36.5 Å². The number of nitrogens with zero attached hydrogens (tertiary/aromatic N) is 1. The van der Waals surface area contributed by atoms with Crippen LogP contribution in [0.1, 0.15) is 37.3 Å². The van der Waals surface area contributed by atoms with E-state index in [2.05, 4.69) is 5.32 Å². The maximum Gasteiger partial charge on any atom is 0.305 e. The van der Waals surface area contributed by atoms with Crippen molar-refractivity contribution >= 4 is 29.4 Å². The van der Waals surface area contributed by atoms with Crippen LogP contribution in [0.25, 0.3) is 0 Å². The molecule has 2 atom stereocenters. The highest BCUT2D eigenvalue weighted by Crippen LogP contribution is 2.32. The molecule has 1 aromatic rings. The van der Waals surface area contributed by atoms with Gasteiger partial charge in [0.2, 0.25) is 11.8 Å². The molecule has 0 bridgehead atoms. The van der Waals surface area contributed by atoms with Crippen molar-refractivity contribution in [2.45, 2.75) is 31.7 Å². The molecule has 6 nitrogen and oxygen atoms in total. The van der Waals surface area contributed by atoms with Crippen molar-refractivity contribution in [1.29, 1.82) is 0 Å². The quantitative estimate of drug-likeness (QED) is 0.776. The number of carbonyl (C=O) groups is 3.